The SMILES string of the molecule is Cc1nn(Cc2ccc(Cl)cc2)c(C)c1NC(=O)c1cc(-c2ccc(Cl)cc2)on1. The number of aryl methyl sites for hydroxylation is 1. The fourth-order valence-corrected chi connectivity index (χ4v) is 3.36. The van der Waals surface area contributed by atoms with E-state index in [1.54, 1.807) is 30.3 Å². The minimum Gasteiger partial charge on any atom is -0.355 e. The first-order valence-corrected chi connectivity index (χ1v) is 9.99. The summed E-state index contributed by atoms with van der Waals surface area (Å²) >= 11 is 11.9. The van der Waals surface area contributed by atoms with Crippen LogP contribution in [0, 0.1) is 13.8 Å². The molecule has 0 fully saturated rings. The Morgan fingerprint density at radius 2 is 1.67 bits per heavy atom. The zero-order valence-electron chi connectivity index (χ0n) is 16.3. The van der Waals surface area contributed by atoms with Crippen molar-refractivity contribution in [3.63, 3.8) is 0 Å². The van der Waals surface area contributed by atoms with Gasteiger partial charge in [0.25, 0.3) is 5.91 Å². The Morgan fingerprint density at radius 1 is 1.03 bits per heavy atom. The number of carbonyl (C=O) groups excluding carboxylic acids is 1. The molecule has 8 heteroatoms. The van der Waals surface area contributed by atoms with Crippen molar-refractivity contribution in [1.82, 2.24) is 14.9 Å². The highest BCUT2D eigenvalue weighted by Crippen LogP contribution is 2.24. The predicted molar refractivity (Wildman–Crippen MR) is 117 cm³/mol. The molecule has 0 saturated carbocycles. The van der Waals surface area contributed by atoms with E-state index in [4.69, 9.17) is 27.7 Å². The van der Waals surface area contributed by atoms with Crippen LogP contribution in [0.5, 0.6) is 0 Å². The summed E-state index contributed by atoms with van der Waals surface area (Å²) < 4.78 is 7.16. The van der Waals surface area contributed by atoms with Gasteiger partial charge < -0.3 is 9.84 Å². The Morgan fingerprint density at radius 3 is 2.33 bits per heavy atom. The van der Waals surface area contributed by atoms with Crippen molar-refractivity contribution in [3.05, 3.63) is 87.3 Å². The topological polar surface area (TPSA) is 73.0 Å². The van der Waals surface area contributed by atoms with Gasteiger partial charge in [0.15, 0.2) is 11.5 Å². The third-order valence-electron chi connectivity index (χ3n) is 4.74. The number of nitrogens with one attached hydrogen (secondary N) is 1. The molecule has 4 aromatic rings. The molecule has 0 radical (unpaired) electrons. The van der Waals surface area contributed by atoms with Gasteiger partial charge >= 0.3 is 0 Å². The molecule has 0 atom stereocenters. The van der Waals surface area contributed by atoms with Crippen LogP contribution in [-0.4, -0.2) is 20.8 Å². The third kappa shape index (κ3) is 4.25. The standard InChI is InChI=1S/C22H18Cl2N4O2/c1-13-21(14(2)28(26-13)12-15-3-7-17(23)8-4-15)25-22(29)19-11-20(30-27-19)16-5-9-18(24)10-6-16/h3-11H,12H2,1-2H3,(H,25,29). The molecule has 0 saturated heterocycles. The van der Waals surface area contributed by atoms with E-state index in [0.29, 0.717) is 28.0 Å². The van der Waals surface area contributed by atoms with Crippen molar-refractivity contribution in [3.8, 4) is 11.3 Å². The number of anilines is 1. The van der Waals surface area contributed by atoms with Crippen molar-refractivity contribution < 1.29 is 9.32 Å². The summed E-state index contributed by atoms with van der Waals surface area (Å²) in [6, 6.07) is 16.3. The van der Waals surface area contributed by atoms with Crippen LogP contribution in [-0.2, 0) is 6.54 Å². The van der Waals surface area contributed by atoms with Crippen LogP contribution < -0.4 is 5.32 Å². The minimum atomic E-state index is -0.365. The van der Waals surface area contributed by atoms with E-state index in [2.05, 4.69) is 15.6 Å². The lowest BCUT2D eigenvalue weighted by Gasteiger charge is -2.06. The Hall–Kier alpha value is -3.09. The first-order chi connectivity index (χ1) is 14.4. The van der Waals surface area contributed by atoms with Gasteiger partial charge in [-0.05, 0) is 55.8 Å². The second-order valence-electron chi connectivity index (χ2n) is 6.87. The fraction of sp³-hybridized carbons (Fsp3) is 0.136. The van der Waals surface area contributed by atoms with Crippen molar-refractivity contribution in [2.24, 2.45) is 0 Å². The number of nitrogens with zero attached hydrogens (tertiary/aromatic N) is 3. The van der Waals surface area contributed by atoms with Crippen LogP contribution in [0.1, 0.15) is 27.4 Å². The number of hydrogen-bond acceptors (Lipinski definition) is 4. The molecule has 0 aliphatic heterocycles. The van der Waals surface area contributed by atoms with Crippen molar-refractivity contribution in [2.75, 3.05) is 5.32 Å². The molecule has 2 aromatic heterocycles. The van der Waals surface area contributed by atoms with Crippen LogP contribution >= 0.6 is 23.2 Å². The van der Waals surface area contributed by atoms with Crippen molar-refractivity contribution >= 4 is 34.8 Å². The van der Waals surface area contributed by atoms with Crippen molar-refractivity contribution in [2.45, 2.75) is 20.4 Å². The maximum absolute atomic E-state index is 12.7. The van der Waals surface area contributed by atoms with Gasteiger partial charge in [0, 0.05) is 21.7 Å². The van der Waals surface area contributed by atoms with Gasteiger partial charge in [-0.3, -0.25) is 9.48 Å². The average Bonchev–Trinajstić information content (AvgIpc) is 3.32. The fourth-order valence-electron chi connectivity index (χ4n) is 3.10. The third-order valence-corrected chi connectivity index (χ3v) is 5.24. The van der Waals surface area contributed by atoms with Gasteiger partial charge in [0.2, 0.25) is 0 Å². The van der Waals surface area contributed by atoms with Gasteiger partial charge in [0.1, 0.15) is 0 Å². The number of hydrogen-bond donors (Lipinski definition) is 1. The Balaban J connectivity index is 1.51. The number of benzene rings is 2. The Labute approximate surface area is 183 Å². The van der Waals surface area contributed by atoms with Gasteiger partial charge in [0.05, 0.1) is 23.6 Å². The predicted octanol–water partition coefficient (Wildman–Crippen LogP) is 5.76. The second kappa shape index (κ2) is 8.34. The quantitative estimate of drug-likeness (QED) is 0.427. The summed E-state index contributed by atoms with van der Waals surface area (Å²) in [4.78, 5) is 12.7. The van der Waals surface area contributed by atoms with Crippen LogP contribution in [0.25, 0.3) is 11.3 Å². The zero-order valence-corrected chi connectivity index (χ0v) is 17.8. The van der Waals surface area contributed by atoms with Crippen LogP contribution in [0.4, 0.5) is 5.69 Å². The smallest absolute Gasteiger partial charge is 0.277 e. The molecular formula is C22H18Cl2N4O2. The highest BCUT2D eigenvalue weighted by Gasteiger charge is 2.19. The lowest BCUT2D eigenvalue weighted by molar-refractivity contribution is 0.101. The van der Waals surface area contributed by atoms with Crippen LogP contribution in [0.3, 0.4) is 0 Å². The maximum atomic E-state index is 12.7. The minimum absolute atomic E-state index is 0.184. The lowest BCUT2D eigenvalue weighted by atomic mass is 10.1. The highest BCUT2D eigenvalue weighted by atomic mass is 35.5. The van der Waals surface area contributed by atoms with E-state index in [1.165, 1.54) is 0 Å². The zero-order chi connectivity index (χ0) is 21.3. The summed E-state index contributed by atoms with van der Waals surface area (Å²) in [5.41, 5.74) is 4.25. The Kier molecular flexibility index (Phi) is 5.61. The molecule has 30 heavy (non-hydrogen) atoms. The summed E-state index contributed by atoms with van der Waals surface area (Å²) in [7, 11) is 0. The van der Waals surface area contributed by atoms with E-state index < -0.39 is 0 Å². The highest BCUT2D eigenvalue weighted by molar-refractivity contribution is 6.30. The molecule has 152 valence electrons. The summed E-state index contributed by atoms with van der Waals surface area (Å²) in [5.74, 6) is 0.125. The lowest BCUT2D eigenvalue weighted by Crippen LogP contribution is -2.13. The number of aromatic nitrogens is 3. The molecule has 2 heterocycles. The van der Waals surface area contributed by atoms with Crippen LogP contribution in [0.2, 0.25) is 10.0 Å². The first kappa shape index (κ1) is 20.2. The van der Waals surface area contributed by atoms with Crippen molar-refractivity contribution in [1.29, 1.82) is 0 Å². The van der Waals surface area contributed by atoms with Gasteiger partial charge in [-0.25, -0.2) is 0 Å². The largest absolute Gasteiger partial charge is 0.355 e. The molecule has 6 nitrogen and oxygen atoms in total. The molecule has 0 aliphatic rings. The molecular weight excluding hydrogens is 423 g/mol. The number of amides is 1. The van der Waals surface area contributed by atoms with E-state index in [0.717, 1.165) is 22.5 Å². The molecule has 0 aliphatic carbocycles. The molecule has 4 rings (SSSR count). The molecule has 0 bridgehead atoms. The maximum Gasteiger partial charge on any atom is 0.277 e. The normalized spacial score (nSPS) is 10.9. The van der Waals surface area contributed by atoms with E-state index in [9.17, 15) is 4.79 Å². The van der Waals surface area contributed by atoms with Crippen LogP contribution in [0.15, 0.2) is 59.1 Å². The Bertz CT molecular complexity index is 1200. The molecule has 0 unspecified atom stereocenters. The summed E-state index contributed by atoms with van der Waals surface area (Å²) in [6.45, 7) is 4.33. The van der Waals surface area contributed by atoms with Gasteiger partial charge in [-0.15, -0.1) is 0 Å². The molecule has 1 N–H and O–H groups in total. The first-order valence-electron chi connectivity index (χ1n) is 9.23. The summed E-state index contributed by atoms with van der Waals surface area (Å²) in [6.07, 6.45) is 0. The summed E-state index contributed by atoms with van der Waals surface area (Å²) in [5, 5.41) is 12.6. The average molecular weight is 441 g/mol. The van der Waals surface area contributed by atoms with E-state index in [1.807, 2.05) is 42.8 Å². The number of halogens is 2. The molecule has 2 aromatic carbocycles. The number of rotatable bonds is 5. The van der Waals surface area contributed by atoms with E-state index >= 15 is 0 Å². The number of carbonyl (C=O) groups is 1. The van der Waals surface area contributed by atoms with Gasteiger partial charge in [-0.2, -0.15) is 5.10 Å². The second-order valence-corrected chi connectivity index (χ2v) is 7.74. The molecule has 1 amide bonds. The monoisotopic (exact) mass is 440 g/mol. The van der Waals surface area contributed by atoms with E-state index in [-0.39, 0.29) is 11.6 Å². The van der Waals surface area contributed by atoms with Gasteiger partial charge in [-0.1, -0.05) is 40.5 Å². The molecule has 0 spiro atoms.